The molecule has 2 aliphatic heterocycles. The molecular weight excluding hydrogens is 376 g/mol. The van der Waals surface area contributed by atoms with E-state index in [9.17, 15) is 9.90 Å². The molecule has 0 saturated carbocycles. The number of nitrogens with zero attached hydrogens (tertiary/aromatic N) is 3. The Morgan fingerprint density at radius 1 is 1.03 bits per heavy atom. The van der Waals surface area contributed by atoms with E-state index in [0.29, 0.717) is 31.7 Å². The van der Waals surface area contributed by atoms with Crippen LogP contribution in [0, 0.1) is 0 Å². The molecule has 5 rings (SSSR count). The first kappa shape index (κ1) is 19.8. The second-order valence-electron chi connectivity index (χ2n) is 9.34. The number of fused-ring (bicyclic) bond motifs is 2. The lowest BCUT2D eigenvalue weighted by Crippen LogP contribution is -2.45. The number of amides is 1. The predicted molar refractivity (Wildman–Crippen MR) is 115 cm³/mol. The molecule has 1 fully saturated rings. The minimum Gasteiger partial charge on any atom is -0.388 e. The molecule has 1 atom stereocenters. The van der Waals surface area contributed by atoms with Crippen LogP contribution in [0.4, 0.5) is 0 Å². The molecule has 0 spiro atoms. The van der Waals surface area contributed by atoms with Gasteiger partial charge in [0.25, 0.3) is 5.91 Å². The maximum absolute atomic E-state index is 13.2. The molecule has 1 saturated heterocycles. The molecule has 1 amide bonds. The molecule has 1 aliphatic carbocycles. The summed E-state index contributed by atoms with van der Waals surface area (Å²) >= 11 is 0. The Morgan fingerprint density at radius 3 is 2.77 bits per heavy atom. The molecule has 0 unspecified atom stereocenters. The highest BCUT2D eigenvalue weighted by Crippen LogP contribution is 2.28. The van der Waals surface area contributed by atoms with Crippen molar-refractivity contribution in [3.63, 3.8) is 0 Å². The number of benzene rings is 1. The summed E-state index contributed by atoms with van der Waals surface area (Å²) in [4.78, 5) is 17.5. The fourth-order valence-corrected chi connectivity index (χ4v) is 5.45. The summed E-state index contributed by atoms with van der Waals surface area (Å²) in [5.74, 6) is 0.0329. The minimum atomic E-state index is -0.730. The van der Waals surface area contributed by atoms with E-state index in [1.807, 2.05) is 4.90 Å². The zero-order chi connectivity index (χ0) is 20.6. The minimum absolute atomic E-state index is 0.0329. The molecule has 6 nitrogen and oxygen atoms in total. The van der Waals surface area contributed by atoms with Crippen molar-refractivity contribution >= 4 is 5.91 Å². The molecule has 6 heteroatoms. The number of carbonyl (C=O) groups excluding carboxylic acids is 1. The first-order valence-electron chi connectivity index (χ1n) is 11.5. The van der Waals surface area contributed by atoms with E-state index < -0.39 is 5.60 Å². The summed E-state index contributed by atoms with van der Waals surface area (Å²) in [5, 5.41) is 18.8. The number of aliphatic hydroxyl groups is 1. The molecule has 160 valence electrons. The van der Waals surface area contributed by atoms with E-state index in [0.717, 1.165) is 62.9 Å². The summed E-state index contributed by atoms with van der Waals surface area (Å²) in [7, 11) is 0. The van der Waals surface area contributed by atoms with Crippen molar-refractivity contribution in [2.24, 2.45) is 0 Å². The van der Waals surface area contributed by atoms with Crippen LogP contribution in [0.3, 0.4) is 0 Å². The maximum atomic E-state index is 13.2. The molecule has 2 N–H and O–H groups in total. The molecule has 3 aliphatic rings. The number of H-pyrrole nitrogens is 1. The number of carbonyl (C=O) groups is 1. The fourth-order valence-electron chi connectivity index (χ4n) is 5.45. The number of rotatable bonds is 3. The first-order valence-corrected chi connectivity index (χ1v) is 11.5. The molecule has 30 heavy (non-hydrogen) atoms. The second kappa shape index (κ2) is 8.16. The van der Waals surface area contributed by atoms with E-state index in [2.05, 4.69) is 39.4 Å². The van der Waals surface area contributed by atoms with Gasteiger partial charge in [-0.25, -0.2) is 0 Å². The lowest BCUT2D eigenvalue weighted by molar-refractivity contribution is -0.0118. The predicted octanol–water partition coefficient (Wildman–Crippen LogP) is 2.70. The summed E-state index contributed by atoms with van der Waals surface area (Å²) in [6.07, 6.45) is 7.49. The molecule has 3 heterocycles. The van der Waals surface area contributed by atoms with Crippen molar-refractivity contribution in [3.05, 3.63) is 52.3 Å². The SMILES string of the molecule is O=C(c1n[nH]c2c1CCCC2)N1CCC[C@@](O)(CN2CCc3ccccc3C2)CC1. The van der Waals surface area contributed by atoms with Gasteiger partial charge < -0.3 is 10.0 Å². The van der Waals surface area contributed by atoms with Gasteiger partial charge in [0.2, 0.25) is 0 Å². The van der Waals surface area contributed by atoms with Gasteiger partial charge in [0.15, 0.2) is 5.69 Å². The average molecular weight is 409 g/mol. The number of aromatic amines is 1. The summed E-state index contributed by atoms with van der Waals surface area (Å²) in [6.45, 7) is 3.87. The van der Waals surface area contributed by atoms with Gasteiger partial charge in [0.1, 0.15) is 0 Å². The number of aryl methyl sites for hydroxylation is 1. The smallest absolute Gasteiger partial charge is 0.274 e. The Hall–Kier alpha value is -2.18. The van der Waals surface area contributed by atoms with E-state index in [-0.39, 0.29) is 5.91 Å². The zero-order valence-corrected chi connectivity index (χ0v) is 17.7. The fraction of sp³-hybridized carbons (Fsp3) is 0.583. The maximum Gasteiger partial charge on any atom is 0.274 e. The number of likely N-dealkylation sites (tertiary alicyclic amines) is 1. The zero-order valence-electron chi connectivity index (χ0n) is 17.7. The lowest BCUT2D eigenvalue weighted by Gasteiger charge is -2.36. The quantitative estimate of drug-likeness (QED) is 0.819. The van der Waals surface area contributed by atoms with Gasteiger partial charge in [-0.1, -0.05) is 24.3 Å². The number of hydrogen-bond donors (Lipinski definition) is 2. The third-order valence-electron chi connectivity index (χ3n) is 7.19. The highest BCUT2D eigenvalue weighted by atomic mass is 16.3. The van der Waals surface area contributed by atoms with E-state index in [1.165, 1.54) is 17.5 Å². The van der Waals surface area contributed by atoms with Gasteiger partial charge in [-0.2, -0.15) is 5.10 Å². The highest BCUT2D eigenvalue weighted by Gasteiger charge is 2.35. The Balaban J connectivity index is 1.23. The summed E-state index contributed by atoms with van der Waals surface area (Å²) in [6, 6.07) is 8.61. The summed E-state index contributed by atoms with van der Waals surface area (Å²) < 4.78 is 0. The Kier molecular flexibility index (Phi) is 5.37. The van der Waals surface area contributed by atoms with Crippen LogP contribution in [0.15, 0.2) is 24.3 Å². The van der Waals surface area contributed by atoms with Crippen LogP contribution < -0.4 is 0 Å². The molecule has 0 radical (unpaired) electrons. The van der Waals surface area contributed by atoms with Crippen LogP contribution in [0.5, 0.6) is 0 Å². The van der Waals surface area contributed by atoms with E-state index in [4.69, 9.17) is 0 Å². The van der Waals surface area contributed by atoms with Crippen molar-refractivity contribution in [2.75, 3.05) is 26.2 Å². The third-order valence-corrected chi connectivity index (χ3v) is 7.19. The largest absolute Gasteiger partial charge is 0.388 e. The van der Waals surface area contributed by atoms with E-state index >= 15 is 0 Å². The molecule has 1 aromatic heterocycles. The van der Waals surface area contributed by atoms with Crippen molar-refractivity contribution in [1.82, 2.24) is 20.0 Å². The summed E-state index contributed by atoms with van der Waals surface area (Å²) in [5.41, 5.74) is 4.95. The van der Waals surface area contributed by atoms with Gasteiger partial charge in [0.05, 0.1) is 5.60 Å². The van der Waals surface area contributed by atoms with Gasteiger partial charge in [-0.05, 0) is 62.5 Å². The van der Waals surface area contributed by atoms with Gasteiger partial charge in [0, 0.05) is 44.0 Å². The lowest BCUT2D eigenvalue weighted by atomic mass is 9.92. The highest BCUT2D eigenvalue weighted by molar-refractivity contribution is 5.94. The van der Waals surface area contributed by atoms with Crippen LogP contribution >= 0.6 is 0 Å². The number of β-amino-alcohol motifs (C(OH)–C–C–N with tert-alkyl or cyclic N) is 1. The monoisotopic (exact) mass is 408 g/mol. The van der Waals surface area contributed by atoms with Crippen molar-refractivity contribution < 1.29 is 9.90 Å². The van der Waals surface area contributed by atoms with Crippen molar-refractivity contribution in [2.45, 2.75) is 63.5 Å². The van der Waals surface area contributed by atoms with Gasteiger partial charge in [-0.3, -0.25) is 14.8 Å². The molecular formula is C24H32N4O2. The first-order chi connectivity index (χ1) is 14.6. The van der Waals surface area contributed by atoms with E-state index in [1.54, 1.807) is 0 Å². The average Bonchev–Trinajstić information content (AvgIpc) is 3.10. The number of aromatic nitrogens is 2. The topological polar surface area (TPSA) is 72.5 Å². The Labute approximate surface area is 178 Å². The number of nitrogens with one attached hydrogen (secondary N) is 1. The molecule has 0 bridgehead atoms. The number of hydrogen-bond acceptors (Lipinski definition) is 4. The molecule has 1 aromatic carbocycles. The third kappa shape index (κ3) is 3.91. The molecule has 2 aromatic rings. The van der Waals surface area contributed by atoms with Crippen molar-refractivity contribution in [1.29, 1.82) is 0 Å². The van der Waals surface area contributed by atoms with Crippen LogP contribution in [0.2, 0.25) is 0 Å². The van der Waals surface area contributed by atoms with Gasteiger partial charge in [-0.15, -0.1) is 0 Å². The second-order valence-corrected chi connectivity index (χ2v) is 9.34. The van der Waals surface area contributed by atoms with Crippen LogP contribution in [-0.2, 0) is 25.8 Å². The van der Waals surface area contributed by atoms with Crippen LogP contribution in [-0.4, -0.2) is 62.8 Å². The Bertz CT molecular complexity index is 924. The van der Waals surface area contributed by atoms with Crippen molar-refractivity contribution in [3.8, 4) is 0 Å². The van der Waals surface area contributed by atoms with Gasteiger partial charge >= 0.3 is 0 Å². The Morgan fingerprint density at radius 2 is 1.87 bits per heavy atom. The van der Waals surface area contributed by atoms with Crippen LogP contribution in [0.1, 0.15) is 65.0 Å². The normalized spacial score (nSPS) is 24.8. The van der Waals surface area contributed by atoms with Crippen LogP contribution in [0.25, 0.3) is 0 Å². The standard InChI is InChI=1S/C24H32N4O2/c29-23(22-20-8-3-4-9-21(20)25-26-22)28-13-5-11-24(30,12-15-28)17-27-14-10-18-6-1-2-7-19(18)16-27/h1-2,6-7,30H,3-5,8-17H2,(H,25,26)/t24-/m0/s1.